The first-order chi connectivity index (χ1) is 8.08. The summed E-state index contributed by atoms with van der Waals surface area (Å²) in [6, 6.07) is 6.07. The van der Waals surface area contributed by atoms with E-state index in [1.54, 1.807) is 0 Å². The Morgan fingerprint density at radius 3 is 3.00 bits per heavy atom. The number of hydrogen-bond donors (Lipinski definition) is 1. The van der Waals surface area contributed by atoms with Crippen LogP contribution in [-0.4, -0.2) is 35.3 Å². The fraction of sp³-hybridized carbons (Fsp3) is 0.500. The molecule has 92 valence electrons. The fourth-order valence-corrected chi connectivity index (χ4v) is 2.06. The highest BCUT2D eigenvalue weighted by atomic mass is 32.1. The minimum absolute atomic E-state index is 0.224. The van der Waals surface area contributed by atoms with Crippen molar-refractivity contribution < 1.29 is 4.74 Å². The third-order valence-corrected chi connectivity index (χ3v) is 3.10. The van der Waals surface area contributed by atoms with E-state index in [1.165, 1.54) is 0 Å². The predicted octanol–water partition coefficient (Wildman–Crippen LogP) is 1.33. The monoisotopic (exact) mass is 251 g/mol. The summed E-state index contributed by atoms with van der Waals surface area (Å²) in [5.74, 6) is 0.915. The first-order valence-electron chi connectivity index (χ1n) is 5.73. The molecule has 1 aliphatic rings. The molecule has 1 fully saturated rings. The molecule has 0 spiro atoms. The van der Waals surface area contributed by atoms with E-state index in [0.717, 1.165) is 19.0 Å². The SMILES string of the molecule is CC1CN(c2cccc(C(N)=S)n2)C(C)CO1. The third kappa shape index (κ3) is 2.73. The van der Waals surface area contributed by atoms with Crippen LogP contribution in [-0.2, 0) is 4.74 Å². The third-order valence-electron chi connectivity index (χ3n) is 2.89. The standard InChI is InChI=1S/C12H17N3OS/c1-8-7-16-9(2)6-15(8)11-5-3-4-10(14-11)12(13)17/h3-5,8-9H,6-7H2,1-2H3,(H2,13,17). The Hall–Kier alpha value is -1.20. The molecule has 1 aromatic heterocycles. The summed E-state index contributed by atoms with van der Waals surface area (Å²) in [4.78, 5) is 7.05. The highest BCUT2D eigenvalue weighted by Crippen LogP contribution is 2.19. The van der Waals surface area contributed by atoms with E-state index in [2.05, 4.69) is 23.7 Å². The van der Waals surface area contributed by atoms with Crippen molar-refractivity contribution in [1.82, 2.24) is 4.98 Å². The first-order valence-corrected chi connectivity index (χ1v) is 6.14. The summed E-state index contributed by atoms with van der Waals surface area (Å²) in [6.07, 6.45) is 0.224. The van der Waals surface area contributed by atoms with E-state index in [1.807, 2.05) is 18.2 Å². The quantitative estimate of drug-likeness (QED) is 0.804. The molecule has 0 saturated carbocycles. The number of anilines is 1. The summed E-state index contributed by atoms with van der Waals surface area (Å²) in [5.41, 5.74) is 6.27. The second-order valence-electron chi connectivity index (χ2n) is 4.39. The van der Waals surface area contributed by atoms with Gasteiger partial charge in [-0.25, -0.2) is 4.98 Å². The van der Waals surface area contributed by atoms with E-state index in [-0.39, 0.29) is 6.10 Å². The number of rotatable bonds is 2. The minimum atomic E-state index is 0.224. The molecule has 2 unspecified atom stereocenters. The summed E-state index contributed by atoms with van der Waals surface area (Å²) in [7, 11) is 0. The summed E-state index contributed by atoms with van der Waals surface area (Å²) < 4.78 is 5.60. The van der Waals surface area contributed by atoms with Crippen LogP contribution in [0.25, 0.3) is 0 Å². The van der Waals surface area contributed by atoms with Gasteiger partial charge in [0.2, 0.25) is 0 Å². The Morgan fingerprint density at radius 2 is 2.29 bits per heavy atom. The van der Waals surface area contributed by atoms with E-state index in [9.17, 15) is 0 Å². The maximum absolute atomic E-state index is 5.60. The number of nitrogens with two attached hydrogens (primary N) is 1. The number of aromatic nitrogens is 1. The molecule has 1 saturated heterocycles. The number of hydrogen-bond acceptors (Lipinski definition) is 4. The molecule has 2 atom stereocenters. The lowest BCUT2D eigenvalue weighted by molar-refractivity contribution is 0.0340. The highest BCUT2D eigenvalue weighted by molar-refractivity contribution is 7.80. The van der Waals surface area contributed by atoms with Crippen molar-refractivity contribution in [1.29, 1.82) is 0 Å². The number of thiocarbonyl (C=S) groups is 1. The van der Waals surface area contributed by atoms with Crippen LogP contribution in [0.3, 0.4) is 0 Å². The van der Waals surface area contributed by atoms with Gasteiger partial charge in [0.15, 0.2) is 0 Å². The van der Waals surface area contributed by atoms with Crippen LogP contribution >= 0.6 is 12.2 Å². The average Bonchev–Trinajstić information content (AvgIpc) is 2.32. The molecular weight excluding hydrogens is 234 g/mol. The van der Waals surface area contributed by atoms with E-state index >= 15 is 0 Å². The van der Waals surface area contributed by atoms with Crippen molar-refractivity contribution in [3.05, 3.63) is 23.9 Å². The number of morpholine rings is 1. The van der Waals surface area contributed by atoms with E-state index < -0.39 is 0 Å². The molecule has 0 amide bonds. The Kier molecular flexibility index (Phi) is 3.59. The van der Waals surface area contributed by atoms with Gasteiger partial charge in [-0.05, 0) is 26.0 Å². The van der Waals surface area contributed by atoms with Gasteiger partial charge in [0.05, 0.1) is 24.4 Å². The predicted molar refractivity (Wildman–Crippen MR) is 72.3 cm³/mol. The van der Waals surface area contributed by atoms with E-state index in [4.69, 9.17) is 22.7 Å². The van der Waals surface area contributed by atoms with Crippen LogP contribution in [0.4, 0.5) is 5.82 Å². The summed E-state index contributed by atoms with van der Waals surface area (Å²) >= 11 is 4.95. The highest BCUT2D eigenvalue weighted by Gasteiger charge is 2.24. The van der Waals surface area contributed by atoms with Gasteiger partial charge in [-0.15, -0.1) is 0 Å². The van der Waals surface area contributed by atoms with Crippen LogP contribution in [0.5, 0.6) is 0 Å². The Labute approximate surface area is 107 Å². The van der Waals surface area contributed by atoms with Crippen molar-refractivity contribution in [2.75, 3.05) is 18.1 Å². The van der Waals surface area contributed by atoms with Crippen LogP contribution in [0.2, 0.25) is 0 Å². The second-order valence-corrected chi connectivity index (χ2v) is 4.83. The van der Waals surface area contributed by atoms with Crippen LogP contribution in [0.15, 0.2) is 18.2 Å². The molecule has 2 N–H and O–H groups in total. The molecular formula is C12H17N3OS. The van der Waals surface area contributed by atoms with Crippen molar-refractivity contribution in [2.45, 2.75) is 26.0 Å². The van der Waals surface area contributed by atoms with Crippen molar-refractivity contribution in [2.24, 2.45) is 5.73 Å². The van der Waals surface area contributed by atoms with Gasteiger partial charge in [-0.1, -0.05) is 18.3 Å². The Balaban J connectivity index is 2.26. The Morgan fingerprint density at radius 1 is 1.53 bits per heavy atom. The molecule has 2 rings (SSSR count). The second kappa shape index (κ2) is 4.98. The molecule has 1 aliphatic heterocycles. The average molecular weight is 251 g/mol. The topological polar surface area (TPSA) is 51.4 Å². The summed E-state index contributed by atoms with van der Waals surface area (Å²) in [6.45, 7) is 5.76. The molecule has 4 nitrogen and oxygen atoms in total. The lowest BCUT2D eigenvalue weighted by Gasteiger charge is -2.37. The fourth-order valence-electron chi connectivity index (χ4n) is 1.94. The van der Waals surface area contributed by atoms with Gasteiger partial charge >= 0.3 is 0 Å². The van der Waals surface area contributed by atoms with Crippen molar-refractivity contribution in [3.8, 4) is 0 Å². The maximum atomic E-state index is 5.60. The number of pyridine rings is 1. The zero-order valence-electron chi connectivity index (χ0n) is 10.1. The van der Waals surface area contributed by atoms with Crippen molar-refractivity contribution in [3.63, 3.8) is 0 Å². The van der Waals surface area contributed by atoms with Gasteiger partial charge in [-0.3, -0.25) is 0 Å². The van der Waals surface area contributed by atoms with Gasteiger partial charge in [0, 0.05) is 6.54 Å². The lowest BCUT2D eigenvalue weighted by atomic mass is 10.2. The lowest BCUT2D eigenvalue weighted by Crippen LogP contribution is -2.47. The van der Waals surface area contributed by atoms with Crippen LogP contribution in [0.1, 0.15) is 19.5 Å². The van der Waals surface area contributed by atoms with Crippen LogP contribution < -0.4 is 10.6 Å². The molecule has 5 heteroatoms. The Bertz CT molecular complexity index is 424. The van der Waals surface area contributed by atoms with Gasteiger partial charge in [0.25, 0.3) is 0 Å². The maximum Gasteiger partial charge on any atom is 0.129 e. The molecule has 1 aromatic rings. The summed E-state index contributed by atoms with van der Waals surface area (Å²) in [5, 5.41) is 0. The molecule has 17 heavy (non-hydrogen) atoms. The molecule has 0 radical (unpaired) electrons. The minimum Gasteiger partial charge on any atom is -0.388 e. The largest absolute Gasteiger partial charge is 0.388 e. The molecule has 2 heterocycles. The molecule has 0 aromatic carbocycles. The first kappa shape index (κ1) is 12.3. The zero-order chi connectivity index (χ0) is 12.4. The van der Waals surface area contributed by atoms with Gasteiger partial charge < -0.3 is 15.4 Å². The smallest absolute Gasteiger partial charge is 0.129 e. The van der Waals surface area contributed by atoms with Crippen LogP contribution in [0, 0.1) is 0 Å². The zero-order valence-corrected chi connectivity index (χ0v) is 10.9. The van der Waals surface area contributed by atoms with Gasteiger partial charge in [-0.2, -0.15) is 0 Å². The van der Waals surface area contributed by atoms with E-state index in [0.29, 0.717) is 16.7 Å². The molecule has 0 bridgehead atoms. The normalized spacial score (nSPS) is 24.7. The molecule has 0 aliphatic carbocycles. The van der Waals surface area contributed by atoms with Gasteiger partial charge in [0.1, 0.15) is 10.8 Å². The number of nitrogens with zero attached hydrogens (tertiary/aromatic N) is 2. The van der Waals surface area contributed by atoms with Crippen molar-refractivity contribution >= 4 is 23.0 Å². The number of ether oxygens (including phenoxy) is 1.